The van der Waals surface area contributed by atoms with E-state index in [1.165, 1.54) is 12.1 Å². The van der Waals surface area contributed by atoms with E-state index in [-0.39, 0.29) is 16.7 Å². The molecule has 0 aliphatic heterocycles. The van der Waals surface area contributed by atoms with E-state index in [0.717, 1.165) is 88.6 Å². The fourth-order valence-electron chi connectivity index (χ4n) is 9.68. The zero-order valence-electron chi connectivity index (χ0n) is 36.2. The number of hydrogen-bond donors (Lipinski definition) is 0. The summed E-state index contributed by atoms with van der Waals surface area (Å²) >= 11 is 0. The van der Waals surface area contributed by atoms with E-state index in [1.807, 2.05) is 168 Å². The van der Waals surface area contributed by atoms with Crippen molar-refractivity contribution in [1.29, 1.82) is 5.26 Å². The summed E-state index contributed by atoms with van der Waals surface area (Å²) in [5.74, 6) is 0. The molecule has 4 heterocycles. The van der Waals surface area contributed by atoms with Crippen LogP contribution < -0.4 is 0 Å². The average Bonchev–Trinajstić information content (AvgIpc) is 3.90. The Morgan fingerprint density at radius 2 is 0.794 bits per heavy atom. The van der Waals surface area contributed by atoms with Gasteiger partial charge >= 0.3 is 6.18 Å². The normalized spacial score (nSPS) is 11.7. The predicted molar refractivity (Wildman–Crippen MR) is 268 cm³/mol. The molecule has 68 heavy (non-hydrogen) atoms. The third-order valence-electron chi connectivity index (χ3n) is 12.8. The topological polar surface area (TPSA) is 59.4 Å². The van der Waals surface area contributed by atoms with Crippen LogP contribution in [0.1, 0.15) is 11.1 Å². The number of pyridine rings is 2. The van der Waals surface area contributed by atoms with Crippen LogP contribution in [0.25, 0.3) is 111 Å². The van der Waals surface area contributed by atoms with Gasteiger partial charge in [0.1, 0.15) is 0 Å². The monoisotopic (exact) mass is 883 g/mol. The first-order valence-electron chi connectivity index (χ1n) is 22.2. The summed E-state index contributed by atoms with van der Waals surface area (Å²) in [5, 5.41) is 13.5. The highest BCUT2D eigenvalue weighted by atomic mass is 19.4. The van der Waals surface area contributed by atoms with Gasteiger partial charge in [0.05, 0.1) is 73.4 Å². The second-order valence-electron chi connectivity index (χ2n) is 16.8. The molecule has 322 valence electrons. The van der Waals surface area contributed by atoms with Gasteiger partial charge < -0.3 is 9.13 Å². The van der Waals surface area contributed by atoms with Crippen molar-refractivity contribution < 1.29 is 13.2 Å². The molecule has 0 saturated heterocycles. The summed E-state index contributed by atoms with van der Waals surface area (Å²) in [7, 11) is 0. The van der Waals surface area contributed by atoms with E-state index >= 15 is 13.2 Å². The largest absolute Gasteiger partial charge is 0.417 e. The van der Waals surface area contributed by atoms with Gasteiger partial charge in [-0.25, -0.2) is 9.97 Å². The Morgan fingerprint density at radius 3 is 1.29 bits per heavy atom. The van der Waals surface area contributed by atoms with Gasteiger partial charge in [0.25, 0.3) is 0 Å². The van der Waals surface area contributed by atoms with Crippen LogP contribution in [0.5, 0.6) is 0 Å². The summed E-state index contributed by atoms with van der Waals surface area (Å²) in [6.07, 6.45) is -4.76. The zero-order chi connectivity index (χ0) is 45.9. The highest BCUT2D eigenvalue weighted by Crippen LogP contribution is 2.46. The lowest BCUT2D eigenvalue weighted by Crippen LogP contribution is -2.12. The molecule has 0 bridgehead atoms. The van der Waals surface area contributed by atoms with Gasteiger partial charge in [0, 0.05) is 43.8 Å². The van der Waals surface area contributed by atoms with Crippen LogP contribution in [0.4, 0.5) is 13.2 Å². The fraction of sp³-hybridized carbons (Fsp3) is 0.0167. The smallest absolute Gasteiger partial charge is 0.307 e. The quantitative estimate of drug-likeness (QED) is 0.160. The van der Waals surface area contributed by atoms with Crippen molar-refractivity contribution >= 4 is 43.6 Å². The van der Waals surface area contributed by atoms with Gasteiger partial charge in [-0.3, -0.25) is 0 Å². The van der Waals surface area contributed by atoms with Crippen LogP contribution in [0.2, 0.25) is 0 Å². The van der Waals surface area contributed by atoms with Crippen LogP contribution in [0.15, 0.2) is 218 Å². The Morgan fingerprint density at radius 1 is 0.368 bits per heavy atom. The first kappa shape index (κ1) is 40.4. The van der Waals surface area contributed by atoms with Crippen LogP contribution in [-0.2, 0) is 6.18 Å². The maximum absolute atomic E-state index is 15.8. The first-order valence-corrected chi connectivity index (χ1v) is 22.2. The Bertz CT molecular complexity index is 3970. The molecule has 12 rings (SSSR count). The average molecular weight is 884 g/mol. The molecule has 4 aromatic heterocycles. The van der Waals surface area contributed by atoms with Gasteiger partial charge in [-0.05, 0) is 96.1 Å². The molecule has 12 aromatic rings. The first-order chi connectivity index (χ1) is 33.3. The summed E-state index contributed by atoms with van der Waals surface area (Å²) < 4.78 is 51.4. The molecule has 0 radical (unpaired) electrons. The molecule has 0 amide bonds. The van der Waals surface area contributed by atoms with Crippen molar-refractivity contribution in [3.63, 3.8) is 0 Å². The zero-order valence-corrected chi connectivity index (χ0v) is 36.2. The number of nitrogens with zero attached hydrogens (tertiary/aromatic N) is 5. The fourth-order valence-corrected chi connectivity index (χ4v) is 9.68. The standard InChI is InChI=1S/C60H36F3N5/c61-60(62,63)49-36-59(68-55-27-10-8-21-45(55)48-34-43(29-31-57(48)68)53-25-13-23-51(66-53)40-17-5-2-6-18-40)58(35-46(49)41-19-11-14-38(32-41)37-64)67-54-26-9-7-20-44(54)47-33-42(28-30-56(47)67)52-24-12-22-50(65-52)39-15-3-1-4-16-39/h1-36H. The molecule has 0 aliphatic carbocycles. The van der Waals surface area contributed by atoms with Crippen molar-refractivity contribution in [3.8, 4) is 73.6 Å². The van der Waals surface area contributed by atoms with Crippen LogP contribution in [0, 0.1) is 11.3 Å². The van der Waals surface area contributed by atoms with Crippen molar-refractivity contribution in [2.45, 2.75) is 6.18 Å². The van der Waals surface area contributed by atoms with E-state index in [2.05, 4.69) is 28.8 Å². The van der Waals surface area contributed by atoms with Crippen molar-refractivity contribution in [1.82, 2.24) is 19.1 Å². The van der Waals surface area contributed by atoms with Gasteiger partial charge in [0.15, 0.2) is 0 Å². The van der Waals surface area contributed by atoms with Crippen LogP contribution in [0.3, 0.4) is 0 Å². The number of fused-ring (bicyclic) bond motifs is 6. The molecule has 0 atom stereocenters. The maximum atomic E-state index is 15.8. The summed E-state index contributed by atoms with van der Waals surface area (Å²) in [6.45, 7) is 0. The lowest BCUT2D eigenvalue weighted by atomic mass is 9.95. The Kier molecular flexibility index (Phi) is 9.59. The minimum Gasteiger partial charge on any atom is -0.307 e. The molecule has 0 fully saturated rings. The Labute approximate surface area is 388 Å². The highest BCUT2D eigenvalue weighted by molar-refractivity contribution is 6.13. The number of alkyl halides is 3. The molecule has 0 saturated carbocycles. The highest BCUT2D eigenvalue weighted by Gasteiger charge is 2.36. The number of rotatable bonds is 7. The van der Waals surface area contributed by atoms with Crippen molar-refractivity contribution in [2.75, 3.05) is 0 Å². The van der Waals surface area contributed by atoms with E-state index in [0.29, 0.717) is 11.4 Å². The second-order valence-corrected chi connectivity index (χ2v) is 16.8. The lowest BCUT2D eigenvalue weighted by molar-refractivity contribution is -0.137. The van der Waals surface area contributed by atoms with Gasteiger partial charge in [0.2, 0.25) is 0 Å². The molecular formula is C60H36F3N5. The number of halogens is 3. The van der Waals surface area contributed by atoms with Crippen LogP contribution in [-0.4, -0.2) is 19.1 Å². The molecule has 8 aromatic carbocycles. The number of nitriles is 1. The van der Waals surface area contributed by atoms with E-state index in [4.69, 9.17) is 9.97 Å². The summed E-state index contributed by atoms with van der Waals surface area (Å²) in [6, 6.07) is 71.5. The van der Waals surface area contributed by atoms with Crippen LogP contribution >= 0.6 is 0 Å². The van der Waals surface area contributed by atoms with E-state index < -0.39 is 11.7 Å². The molecular weight excluding hydrogens is 848 g/mol. The second kappa shape index (κ2) is 16.1. The molecule has 0 N–H and O–H groups in total. The maximum Gasteiger partial charge on any atom is 0.417 e. The summed E-state index contributed by atoms with van der Waals surface area (Å²) in [4.78, 5) is 10.1. The van der Waals surface area contributed by atoms with Crippen molar-refractivity contribution in [3.05, 3.63) is 230 Å². The number of para-hydroxylation sites is 2. The summed E-state index contributed by atoms with van der Waals surface area (Å²) in [5.41, 5.74) is 10.7. The number of aromatic nitrogens is 4. The molecule has 0 aliphatic rings. The van der Waals surface area contributed by atoms with Gasteiger partial charge in [-0.1, -0.05) is 133 Å². The molecule has 5 nitrogen and oxygen atoms in total. The predicted octanol–water partition coefficient (Wildman–Crippen LogP) is 15.9. The Hall–Kier alpha value is -9.06. The number of hydrogen-bond acceptors (Lipinski definition) is 3. The third kappa shape index (κ3) is 6.88. The lowest BCUT2D eigenvalue weighted by Gasteiger charge is -2.22. The molecule has 0 spiro atoms. The molecule has 0 unspecified atom stereocenters. The van der Waals surface area contributed by atoms with E-state index in [9.17, 15) is 5.26 Å². The SMILES string of the molecule is N#Cc1cccc(-c2cc(-n3c4ccccc4c4cc(-c5cccc(-c6ccccc6)n5)ccc43)c(-n3c4ccccc4c4cc(-c5cccc(-c6ccccc6)n5)ccc43)cc2C(F)(F)F)c1. The van der Waals surface area contributed by atoms with E-state index in [1.54, 1.807) is 24.3 Å². The van der Waals surface area contributed by atoms with Crippen molar-refractivity contribution in [2.24, 2.45) is 0 Å². The van der Waals surface area contributed by atoms with Gasteiger partial charge in [-0.2, -0.15) is 18.4 Å². The molecule has 8 heteroatoms. The van der Waals surface area contributed by atoms with Gasteiger partial charge in [-0.15, -0.1) is 0 Å². The minimum absolute atomic E-state index is 0.0368. The minimum atomic E-state index is -4.76. The number of benzene rings is 8. The third-order valence-corrected chi connectivity index (χ3v) is 12.8. The Balaban J connectivity index is 1.13.